The largest absolute Gasteiger partial charge is 0.325 e. The van der Waals surface area contributed by atoms with Gasteiger partial charge < -0.3 is 10.2 Å². The summed E-state index contributed by atoms with van der Waals surface area (Å²) >= 11 is 0. The Labute approximate surface area is 151 Å². The summed E-state index contributed by atoms with van der Waals surface area (Å²) in [7, 11) is 0. The molecule has 2 bridgehead atoms. The minimum atomic E-state index is -0.822. The van der Waals surface area contributed by atoms with Gasteiger partial charge in [0.1, 0.15) is 0 Å². The Morgan fingerprint density at radius 2 is 1.77 bits per heavy atom. The maximum Gasteiger partial charge on any atom is 0.254 e. The van der Waals surface area contributed by atoms with Crippen LogP contribution in [0.3, 0.4) is 0 Å². The number of benzene rings is 2. The number of hydrogen-bond acceptors (Lipinski definition) is 3. The summed E-state index contributed by atoms with van der Waals surface area (Å²) in [5.74, 6) is -0.200. The van der Waals surface area contributed by atoms with Crippen LogP contribution in [0.5, 0.6) is 0 Å². The summed E-state index contributed by atoms with van der Waals surface area (Å²) < 4.78 is 0. The molecule has 2 unspecified atom stereocenters. The molecule has 5 nitrogen and oxygen atoms in total. The van der Waals surface area contributed by atoms with Crippen LogP contribution in [0.15, 0.2) is 54.6 Å². The first-order valence-corrected chi connectivity index (χ1v) is 8.94. The minimum absolute atomic E-state index is 0.0552. The van der Waals surface area contributed by atoms with E-state index in [-0.39, 0.29) is 23.6 Å². The highest BCUT2D eigenvalue weighted by atomic mass is 16.2. The molecule has 2 amide bonds. The minimum Gasteiger partial charge on any atom is -0.325 e. The highest BCUT2D eigenvalue weighted by molar-refractivity contribution is 6.10. The van der Waals surface area contributed by atoms with E-state index in [0.29, 0.717) is 24.8 Å². The van der Waals surface area contributed by atoms with E-state index in [1.807, 2.05) is 42.5 Å². The Morgan fingerprint density at radius 3 is 2.58 bits per heavy atom. The molecular weight excluding hydrogens is 328 g/mol. The van der Waals surface area contributed by atoms with Crippen LogP contribution < -0.4 is 5.32 Å². The number of para-hydroxylation sites is 1. The van der Waals surface area contributed by atoms with E-state index in [0.717, 1.165) is 11.3 Å². The van der Waals surface area contributed by atoms with Crippen molar-refractivity contribution in [3.8, 4) is 0 Å². The Balaban J connectivity index is 1.65. The lowest BCUT2D eigenvalue weighted by Gasteiger charge is -2.37. The number of ketones is 1. The van der Waals surface area contributed by atoms with Crippen molar-refractivity contribution in [2.75, 3.05) is 5.32 Å². The van der Waals surface area contributed by atoms with Crippen molar-refractivity contribution in [2.45, 2.75) is 36.8 Å². The van der Waals surface area contributed by atoms with Gasteiger partial charge in [0.25, 0.3) is 5.91 Å². The summed E-state index contributed by atoms with van der Waals surface area (Å²) in [4.78, 5) is 40.6. The quantitative estimate of drug-likeness (QED) is 0.863. The van der Waals surface area contributed by atoms with E-state index in [1.165, 1.54) is 0 Å². The van der Waals surface area contributed by atoms with Crippen LogP contribution in [0.25, 0.3) is 0 Å². The number of nitrogens with one attached hydrogen (secondary N) is 1. The molecule has 0 radical (unpaired) electrons. The summed E-state index contributed by atoms with van der Waals surface area (Å²) in [6, 6.07) is 15.8. The molecule has 2 fully saturated rings. The third kappa shape index (κ3) is 1.83. The summed E-state index contributed by atoms with van der Waals surface area (Å²) in [5, 5.41) is 2.97. The molecule has 3 aliphatic heterocycles. The van der Waals surface area contributed by atoms with E-state index >= 15 is 0 Å². The molecule has 3 heterocycles. The summed E-state index contributed by atoms with van der Waals surface area (Å²) in [6.07, 6.45) is 1.32. The molecule has 130 valence electrons. The smallest absolute Gasteiger partial charge is 0.254 e. The fourth-order valence-electron chi connectivity index (χ4n) is 4.98. The third-order valence-electron chi connectivity index (χ3n) is 6.11. The Bertz CT molecular complexity index is 939. The first-order chi connectivity index (χ1) is 12.6. The zero-order chi connectivity index (χ0) is 17.9. The molecule has 5 heteroatoms. The van der Waals surface area contributed by atoms with Gasteiger partial charge in [-0.1, -0.05) is 36.4 Å². The van der Waals surface area contributed by atoms with Gasteiger partial charge in [-0.2, -0.15) is 0 Å². The highest BCUT2D eigenvalue weighted by Gasteiger charge is 2.64. The van der Waals surface area contributed by atoms with Crippen molar-refractivity contribution < 1.29 is 14.4 Å². The monoisotopic (exact) mass is 346 g/mol. The van der Waals surface area contributed by atoms with Gasteiger partial charge in [-0.15, -0.1) is 0 Å². The van der Waals surface area contributed by atoms with Gasteiger partial charge in [0, 0.05) is 17.7 Å². The fraction of sp³-hybridized carbons (Fsp3) is 0.286. The van der Waals surface area contributed by atoms with Crippen LogP contribution in [0.1, 0.15) is 35.2 Å². The van der Waals surface area contributed by atoms with Crippen molar-refractivity contribution in [3.63, 3.8) is 0 Å². The molecule has 2 aromatic carbocycles. The second-order valence-electron chi connectivity index (χ2n) is 7.29. The van der Waals surface area contributed by atoms with Gasteiger partial charge in [0.2, 0.25) is 5.91 Å². The number of rotatable bonds is 1. The summed E-state index contributed by atoms with van der Waals surface area (Å²) in [5.41, 5.74) is 1.45. The molecule has 0 aromatic heterocycles. The number of nitrogens with zero attached hydrogens (tertiary/aromatic N) is 1. The van der Waals surface area contributed by atoms with E-state index in [9.17, 15) is 14.4 Å². The van der Waals surface area contributed by atoms with Gasteiger partial charge in [0.05, 0.1) is 17.5 Å². The lowest BCUT2D eigenvalue weighted by Crippen LogP contribution is -2.53. The number of anilines is 1. The Kier molecular flexibility index (Phi) is 3.11. The Hall–Kier alpha value is -2.95. The lowest BCUT2D eigenvalue weighted by molar-refractivity contribution is -0.126. The van der Waals surface area contributed by atoms with Gasteiger partial charge in [-0.3, -0.25) is 14.4 Å². The van der Waals surface area contributed by atoms with Crippen LogP contribution in [0, 0.1) is 0 Å². The van der Waals surface area contributed by atoms with E-state index in [1.54, 1.807) is 17.0 Å². The van der Waals surface area contributed by atoms with Gasteiger partial charge in [0.15, 0.2) is 5.78 Å². The third-order valence-corrected chi connectivity index (χ3v) is 6.11. The molecule has 3 aliphatic rings. The molecule has 1 spiro atoms. The molecule has 2 aromatic rings. The van der Waals surface area contributed by atoms with E-state index < -0.39 is 11.5 Å². The molecule has 3 atom stereocenters. The number of carbonyl (C=O) groups is 3. The van der Waals surface area contributed by atoms with Gasteiger partial charge in [-0.25, -0.2) is 0 Å². The van der Waals surface area contributed by atoms with Crippen molar-refractivity contribution in [1.29, 1.82) is 0 Å². The molecule has 0 saturated carbocycles. The average Bonchev–Trinajstić information content (AvgIpc) is 3.11. The van der Waals surface area contributed by atoms with Gasteiger partial charge in [-0.05, 0) is 36.6 Å². The van der Waals surface area contributed by atoms with Crippen LogP contribution in [0.2, 0.25) is 0 Å². The molecule has 26 heavy (non-hydrogen) atoms. The number of Topliss-reactive ketones (excluding diaryl/α,β-unsaturated/α-hetero) is 1. The number of carbonyl (C=O) groups excluding carboxylic acids is 3. The maximum absolute atomic E-state index is 13.2. The first kappa shape index (κ1) is 15.3. The highest BCUT2D eigenvalue weighted by Crippen LogP contribution is 2.54. The first-order valence-electron chi connectivity index (χ1n) is 8.94. The molecule has 0 aliphatic carbocycles. The normalized spacial score (nSPS) is 29.0. The number of hydrogen-bond donors (Lipinski definition) is 1. The van der Waals surface area contributed by atoms with Crippen molar-refractivity contribution >= 4 is 23.3 Å². The molecule has 1 N–H and O–H groups in total. The molecule has 5 rings (SSSR count). The van der Waals surface area contributed by atoms with E-state index in [4.69, 9.17) is 0 Å². The van der Waals surface area contributed by atoms with Crippen molar-refractivity contribution in [1.82, 2.24) is 4.90 Å². The maximum atomic E-state index is 13.2. The molecule has 2 saturated heterocycles. The Morgan fingerprint density at radius 1 is 1.04 bits per heavy atom. The summed E-state index contributed by atoms with van der Waals surface area (Å²) in [6.45, 7) is 0. The zero-order valence-corrected chi connectivity index (χ0v) is 14.1. The zero-order valence-electron chi connectivity index (χ0n) is 14.1. The predicted octanol–water partition coefficient (Wildman–Crippen LogP) is 2.52. The van der Waals surface area contributed by atoms with Gasteiger partial charge >= 0.3 is 0 Å². The van der Waals surface area contributed by atoms with E-state index in [2.05, 4.69) is 5.32 Å². The SMILES string of the molecule is O=C1CCC2N(C(=O)c3ccccc3)C1C[C@@]21C(=O)Nc2ccccc21. The predicted molar refractivity (Wildman–Crippen MR) is 95.8 cm³/mol. The van der Waals surface area contributed by atoms with Crippen molar-refractivity contribution in [3.05, 3.63) is 65.7 Å². The number of fused-ring (bicyclic) bond motifs is 5. The average molecular weight is 346 g/mol. The standard InChI is InChI=1S/C21H18N2O3/c24-17-10-11-18-21(14-8-4-5-9-15(14)22-20(21)26)12-16(17)23(18)19(25)13-6-2-1-3-7-13/h1-9,16,18H,10-12H2,(H,22,26)/t16?,18?,21-/m0/s1. The second-order valence-corrected chi connectivity index (χ2v) is 7.29. The van der Waals surface area contributed by atoms with Crippen LogP contribution in [-0.2, 0) is 15.0 Å². The number of amides is 2. The number of piperidine rings is 1. The van der Waals surface area contributed by atoms with Crippen LogP contribution in [0.4, 0.5) is 5.69 Å². The topological polar surface area (TPSA) is 66.5 Å². The fourth-order valence-corrected chi connectivity index (χ4v) is 4.98. The lowest BCUT2D eigenvalue weighted by atomic mass is 9.74. The van der Waals surface area contributed by atoms with Crippen LogP contribution in [-0.4, -0.2) is 34.6 Å². The second kappa shape index (κ2) is 5.27. The van der Waals surface area contributed by atoms with Crippen molar-refractivity contribution in [2.24, 2.45) is 0 Å². The van der Waals surface area contributed by atoms with Crippen LogP contribution >= 0.6 is 0 Å². The molecular formula is C21H18N2O3.